The molecule has 0 spiro atoms. The van der Waals surface area contributed by atoms with Crippen LogP contribution in [0.4, 0.5) is 8.78 Å². The van der Waals surface area contributed by atoms with Crippen molar-refractivity contribution in [1.29, 1.82) is 0 Å². The van der Waals surface area contributed by atoms with Crippen molar-refractivity contribution in [2.24, 2.45) is 5.92 Å². The van der Waals surface area contributed by atoms with Crippen molar-refractivity contribution in [2.75, 3.05) is 6.61 Å². The number of carbonyl (C=O) groups is 2. The van der Waals surface area contributed by atoms with Crippen molar-refractivity contribution in [1.82, 2.24) is 25.6 Å². The summed E-state index contributed by atoms with van der Waals surface area (Å²) in [5.41, 5.74) is 2.43. The third kappa shape index (κ3) is 5.47. The molecule has 0 unspecified atom stereocenters. The van der Waals surface area contributed by atoms with Crippen molar-refractivity contribution in [3.8, 4) is 17.0 Å². The van der Waals surface area contributed by atoms with Crippen LogP contribution in [0, 0.1) is 18.7 Å². The number of hydrogen-bond donors (Lipinski definition) is 4. The lowest BCUT2D eigenvalue weighted by molar-refractivity contribution is -0.129. The molecule has 2 fully saturated rings. The van der Waals surface area contributed by atoms with Crippen molar-refractivity contribution >= 4 is 22.8 Å². The summed E-state index contributed by atoms with van der Waals surface area (Å²) in [4.78, 5) is 36.9. The van der Waals surface area contributed by atoms with Gasteiger partial charge in [0.15, 0.2) is 0 Å². The fraction of sp³-hybridized carbons (Fsp3) is 0.481. The number of aliphatic hydroxyl groups excluding tert-OH is 1. The van der Waals surface area contributed by atoms with Crippen LogP contribution in [-0.4, -0.2) is 62.8 Å². The van der Waals surface area contributed by atoms with E-state index in [1.165, 1.54) is 25.4 Å². The number of H-pyrrole nitrogens is 1. The molecule has 0 bridgehead atoms. The van der Waals surface area contributed by atoms with E-state index in [0.29, 0.717) is 59.1 Å². The molecule has 2 aliphatic rings. The first kappa shape index (κ1) is 26.0. The summed E-state index contributed by atoms with van der Waals surface area (Å²) in [6, 6.07) is 3.11. The molecule has 2 aliphatic carbocycles. The number of halogens is 2. The first-order valence-electron chi connectivity index (χ1n) is 12.9. The molecule has 11 heteroatoms. The van der Waals surface area contributed by atoms with Crippen molar-refractivity contribution in [3.63, 3.8) is 0 Å². The van der Waals surface area contributed by atoms with Gasteiger partial charge in [-0.3, -0.25) is 9.59 Å². The fourth-order valence-electron chi connectivity index (χ4n) is 4.88. The van der Waals surface area contributed by atoms with Gasteiger partial charge in [-0.25, -0.2) is 18.7 Å². The topological polar surface area (TPSA) is 129 Å². The molecule has 202 valence electrons. The normalized spacial score (nSPS) is 22.2. The van der Waals surface area contributed by atoms with Gasteiger partial charge >= 0.3 is 0 Å². The molecule has 2 amide bonds. The van der Waals surface area contributed by atoms with E-state index in [4.69, 9.17) is 4.74 Å². The zero-order valence-corrected chi connectivity index (χ0v) is 21.3. The van der Waals surface area contributed by atoms with E-state index in [-0.39, 0.29) is 12.0 Å². The number of ether oxygens (including phenoxy) is 1. The van der Waals surface area contributed by atoms with E-state index < -0.39 is 42.0 Å². The second kappa shape index (κ2) is 10.6. The molecule has 1 aromatic carbocycles. The molecule has 4 N–H and O–H groups in total. The number of aliphatic hydroxyl groups is 1. The number of benzene rings is 1. The Balaban J connectivity index is 1.37. The zero-order chi connectivity index (χ0) is 27.0. The Bertz CT molecular complexity index is 1360. The monoisotopic (exact) mass is 527 g/mol. The van der Waals surface area contributed by atoms with Crippen LogP contribution in [-0.2, 0) is 4.79 Å². The maximum absolute atomic E-state index is 15.0. The van der Waals surface area contributed by atoms with Crippen LogP contribution in [0.1, 0.15) is 55.1 Å². The number of carbonyl (C=O) groups excluding carboxylic acids is 2. The number of alkyl halides is 1. The quantitative estimate of drug-likeness (QED) is 0.356. The van der Waals surface area contributed by atoms with Crippen molar-refractivity contribution in [3.05, 3.63) is 41.6 Å². The predicted molar refractivity (Wildman–Crippen MR) is 136 cm³/mol. The number of aromatic amines is 1. The van der Waals surface area contributed by atoms with Crippen molar-refractivity contribution < 1.29 is 28.2 Å². The third-order valence-corrected chi connectivity index (χ3v) is 7.18. The van der Waals surface area contributed by atoms with Gasteiger partial charge in [0.2, 0.25) is 5.91 Å². The smallest absolute Gasteiger partial charge is 0.255 e. The summed E-state index contributed by atoms with van der Waals surface area (Å²) >= 11 is 0. The molecule has 2 heterocycles. The summed E-state index contributed by atoms with van der Waals surface area (Å²) in [7, 11) is 0. The van der Waals surface area contributed by atoms with Gasteiger partial charge < -0.3 is 25.5 Å². The van der Waals surface area contributed by atoms with E-state index in [2.05, 4.69) is 25.6 Å². The molecule has 3 aromatic rings. The van der Waals surface area contributed by atoms with Crippen LogP contribution in [0.25, 0.3) is 22.3 Å². The van der Waals surface area contributed by atoms with Gasteiger partial charge in [0.1, 0.15) is 41.4 Å². The number of aryl methyl sites for hydroxylation is 1. The first-order chi connectivity index (χ1) is 18.2. The maximum Gasteiger partial charge on any atom is 0.255 e. The molecule has 0 saturated heterocycles. The summed E-state index contributed by atoms with van der Waals surface area (Å²) in [6.45, 7) is 3.61. The minimum Gasteiger partial charge on any atom is -0.493 e. The highest BCUT2D eigenvalue weighted by atomic mass is 19.1. The Morgan fingerprint density at radius 1 is 1.21 bits per heavy atom. The van der Waals surface area contributed by atoms with E-state index in [0.717, 1.165) is 12.8 Å². The van der Waals surface area contributed by atoms with Crippen LogP contribution in [0.5, 0.6) is 5.75 Å². The zero-order valence-electron chi connectivity index (χ0n) is 21.3. The van der Waals surface area contributed by atoms with E-state index in [9.17, 15) is 23.5 Å². The number of fused-ring (bicyclic) bond motifs is 1. The van der Waals surface area contributed by atoms with Gasteiger partial charge in [-0.1, -0.05) is 0 Å². The van der Waals surface area contributed by atoms with Gasteiger partial charge in [0, 0.05) is 23.7 Å². The van der Waals surface area contributed by atoms with Gasteiger partial charge in [-0.15, -0.1) is 0 Å². The van der Waals surface area contributed by atoms with Gasteiger partial charge in [-0.2, -0.15) is 0 Å². The average molecular weight is 528 g/mol. The SMILES string of the molecule is Cc1[nH]c2c(-c3cc(F)ccc3OCC3CC3)ncnc2c1C(=O)N[C@H]1CC[C@@H](NC(=O)[C@H](C)O)C[C@H]1F. The lowest BCUT2D eigenvalue weighted by Gasteiger charge is -2.32. The average Bonchev–Trinajstić information content (AvgIpc) is 3.64. The Kier molecular flexibility index (Phi) is 7.29. The number of amides is 2. The van der Waals surface area contributed by atoms with Crippen LogP contribution in [0.2, 0.25) is 0 Å². The number of rotatable bonds is 8. The third-order valence-electron chi connectivity index (χ3n) is 7.18. The maximum atomic E-state index is 15.0. The van der Waals surface area contributed by atoms with Crippen LogP contribution in [0.15, 0.2) is 24.5 Å². The molecule has 4 atom stereocenters. The highest BCUT2D eigenvalue weighted by Gasteiger charge is 2.34. The van der Waals surface area contributed by atoms with Gasteiger partial charge in [0.25, 0.3) is 5.91 Å². The summed E-state index contributed by atoms with van der Waals surface area (Å²) in [6.07, 6.45) is 1.81. The molecule has 2 saturated carbocycles. The van der Waals surface area contributed by atoms with Crippen LogP contribution < -0.4 is 15.4 Å². The first-order valence-corrected chi connectivity index (χ1v) is 12.9. The van der Waals surface area contributed by atoms with Crippen molar-refractivity contribution in [2.45, 2.75) is 70.3 Å². The van der Waals surface area contributed by atoms with E-state index >= 15 is 0 Å². The Morgan fingerprint density at radius 3 is 2.71 bits per heavy atom. The highest BCUT2D eigenvalue weighted by Crippen LogP contribution is 2.37. The van der Waals surface area contributed by atoms with E-state index in [1.807, 2.05) is 0 Å². The largest absolute Gasteiger partial charge is 0.493 e. The lowest BCUT2D eigenvalue weighted by Crippen LogP contribution is -2.51. The molecule has 0 radical (unpaired) electrons. The lowest BCUT2D eigenvalue weighted by atomic mass is 9.89. The standard InChI is InChI=1S/C27H31F2N5O4/c1-13-22(27(37)34-20-7-6-17(10-19(20)29)33-26(36)14(2)35)24-25(32-13)23(30-12-31-24)18-9-16(28)5-8-21(18)38-11-15-3-4-15/h5,8-9,12,14-15,17,19-20,32,35H,3-4,6-7,10-11H2,1-2H3,(H,33,36)(H,34,37)/t14-,17+,19+,20-/m0/s1. The number of aromatic nitrogens is 3. The summed E-state index contributed by atoms with van der Waals surface area (Å²) in [5.74, 6) is -0.474. The minimum atomic E-state index is -1.37. The molecule has 0 aliphatic heterocycles. The molecular weight excluding hydrogens is 496 g/mol. The summed E-state index contributed by atoms with van der Waals surface area (Å²) < 4.78 is 35.2. The second-order valence-corrected chi connectivity index (χ2v) is 10.3. The molecular formula is C27H31F2N5O4. The fourth-order valence-corrected chi connectivity index (χ4v) is 4.88. The van der Waals surface area contributed by atoms with Gasteiger partial charge in [0.05, 0.1) is 23.7 Å². The van der Waals surface area contributed by atoms with Crippen LogP contribution >= 0.6 is 0 Å². The number of nitrogens with zero attached hydrogens (tertiary/aromatic N) is 2. The predicted octanol–water partition coefficient (Wildman–Crippen LogP) is 3.35. The summed E-state index contributed by atoms with van der Waals surface area (Å²) in [5, 5.41) is 14.8. The minimum absolute atomic E-state index is 0.0335. The number of hydrogen-bond acceptors (Lipinski definition) is 6. The molecule has 38 heavy (non-hydrogen) atoms. The highest BCUT2D eigenvalue weighted by molar-refractivity contribution is 6.09. The Morgan fingerprint density at radius 2 is 2.00 bits per heavy atom. The van der Waals surface area contributed by atoms with E-state index in [1.54, 1.807) is 13.0 Å². The van der Waals surface area contributed by atoms with Crippen LogP contribution in [0.3, 0.4) is 0 Å². The Hall–Kier alpha value is -3.60. The molecule has 2 aromatic heterocycles. The van der Waals surface area contributed by atoms with Gasteiger partial charge in [-0.05, 0) is 63.6 Å². The Labute approximate surface area is 218 Å². The molecule has 5 rings (SSSR count). The second-order valence-electron chi connectivity index (χ2n) is 10.3. The molecule has 9 nitrogen and oxygen atoms in total. The number of nitrogens with one attached hydrogen (secondary N) is 3.